The predicted octanol–water partition coefficient (Wildman–Crippen LogP) is 6.15. The summed E-state index contributed by atoms with van der Waals surface area (Å²) in [6, 6.07) is 11.0. The van der Waals surface area contributed by atoms with Crippen molar-refractivity contribution in [3.8, 4) is 0 Å². The van der Waals surface area contributed by atoms with E-state index in [0.717, 1.165) is 37.5 Å². The maximum Gasteiger partial charge on any atom is 0.227 e. The van der Waals surface area contributed by atoms with Gasteiger partial charge in [-0.2, -0.15) is 0 Å². The Labute approximate surface area is 173 Å². The largest absolute Gasteiger partial charge is 0.324 e. The zero-order chi connectivity index (χ0) is 18.7. The van der Waals surface area contributed by atoms with E-state index in [1.165, 1.54) is 11.6 Å². The highest BCUT2D eigenvalue weighted by Crippen LogP contribution is 2.33. The number of benzene rings is 2. The number of amides is 1. The standard InChI is InChI=1S/C19H18Cl4N2O/c20-14-3-1-12(2-4-14)11-25-7-5-13(6-8-25)19(26)24-18-10-16(22)15(21)9-17(18)23/h1-4,9-10,13H,5-8,11H2,(H,24,26). The molecule has 0 atom stereocenters. The van der Waals surface area contributed by atoms with Crippen molar-refractivity contribution in [2.24, 2.45) is 5.92 Å². The van der Waals surface area contributed by atoms with E-state index in [-0.39, 0.29) is 11.8 Å². The zero-order valence-electron chi connectivity index (χ0n) is 13.9. The zero-order valence-corrected chi connectivity index (χ0v) is 17.0. The van der Waals surface area contributed by atoms with Gasteiger partial charge in [-0.3, -0.25) is 9.69 Å². The highest BCUT2D eigenvalue weighted by molar-refractivity contribution is 6.44. The van der Waals surface area contributed by atoms with E-state index in [1.807, 2.05) is 24.3 Å². The fourth-order valence-corrected chi connectivity index (χ4v) is 3.77. The van der Waals surface area contributed by atoms with Crippen LogP contribution in [0.15, 0.2) is 36.4 Å². The summed E-state index contributed by atoms with van der Waals surface area (Å²) in [6.07, 6.45) is 1.61. The van der Waals surface area contributed by atoms with E-state index in [1.54, 1.807) is 6.07 Å². The molecule has 138 valence electrons. The molecule has 0 spiro atoms. The van der Waals surface area contributed by atoms with Crippen molar-refractivity contribution in [2.45, 2.75) is 19.4 Å². The van der Waals surface area contributed by atoms with Crippen LogP contribution < -0.4 is 5.32 Å². The molecule has 1 aliphatic rings. The van der Waals surface area contributed by atoms with Crippen molar-refractivity contribution >= 4 is 58.0 Å². The van der Waals surface area contributed by atoms with Crippen LogP contribution in [0.5, 0.6) is 0 Å². The van der Waals surface area contributed by atoms with Crippen molar-refractivity contribution in [1.29, 1.82) is 0 Å². The first-order valence-electron chi connectivity index (χ1n) is 8.34. The second-order valence-corrected chi connectivity index (χ2v) is 8.07. The van der Waals surface area contributed by atoms with Gasteiger partial charge in [-0.05, 0) is 55.8 Å². The number of nitrogens with one attached hydrogen (secondary N) is 1. The maximum atomic E-state index is 12.5. The fourth-order valence-electron chi connectivity index (χ4n) is 3.05. The Bertz CT molecular complexity index is 787. The van der Waals surface area contributed by atoms with Gasteiger partial charge in [0.05, 0.1) is 20.8 Å². The second-order valence-electron chi connectivity index (χ2n) is 6.41. The molecule has 3 nitrogen and oxygen atoms in total. The van der Waals surface area contributed by atoms with Crippen molar-refractivity contribution in [1.82, 2.24) is 4.90 Å². The number of anilines is 1. The molecule has 2 aromatic rings. The van der Waals surface area contributed by atoms with Gasteiger partial charge in [-0.25, -0.2) is 0 Å². The minimum atomic E-state index is -0.0398. The first kappa shape index (κ1) is 19.8. The summed E-state index contributed by atoms with van der Waals surface area (Å²) < 4.78 is 0. The summed E-state index contributed by atoms with van der Waals surface area (Å²) in [5, 5.41) is 4.73. The van der Waals surface area contributed by atoms with Crippen LogP contribution in [0.1, 0.15) is 18.4 Å². The van der Waals surface area contributed by atoms with Gasteiger partial charge >= 0.3 is 0 Å². The number of halogens is 4. The SMILES string of the molecule is O=C(Nc1cc(Cl)c(Cl)cc1Cl)C1CCN(Cc2ccc(Cl)cc2)CC1. The number of carbonyl (C=O) groups is 1. The van der Waals surface area contributed by atoms with E-state index >= 15 is 0 Å². The highest BCUT2D eigenvalue weighted by atomic mass is 35.5. The number of nitrogens with zero attached hydrogens (tertiary/aromatic N) is 1. The summed E-state index contributed by atoms with van der Waals surface area (Å²) in [6.45, 7) is 2.61. The van der Waals surface area contributed by atoms with E-state index < -0.39 is 0 Å². The van der Waals surface area contributed by atoms with Gasteiger partial charge in [0, 0.05) is 17.5 Å². The van der Waals surface area contributed by atoms with Crippen LogP contribution in [0.2, 0.25) is 20.1 Å². The van der Waals surface area contributed by atoms with Crippen molar-refractivity contribution < 1.29 is 4.79 Å². The van der Waals surface area contributed by atoms with Crippen LogP contribution in [-0.4, -0.2) is 23.9 Å². The van der Waals surface area contributed by atoms with Crippen molar-refractivity contribution in [3.63, 3.8) is 0 Å². The van der Waals surface area contributed by atoms with Gasteiger partial charge < -0.3 is 5.32 Å². The van der Waals surface area contributed by atoms with Crippen LogP contribution >= 0.6 is 46.4 Å². The monoisotopic (exact) mass is 430 g/mol. The Morgan fingerprint density at radius 1 is 0.962 bits per heavy atom. The molecule has 0 saturated carbocycles. The average molecular weight is 432 g/mol. The van der Waals surface area contributed by atoms with Crippen LogP contribution in [0.3, 0.4) is 0 Å². The molecular weight excluding hydrogens is 414 g/mol. The molecule has 1 amide bonds. The molecule has 1 aliphatic heterocycles. The highest BCUT2D eigenvalue weighted by Gasteiger charge is 2.25. The molecule has 2 aromatic carbocycles. The first-order valence-corrected chi connectivity index (χ1v) is 9.86. The third-order valence-corrected chi connectivity index (χ3v) is 5.83. The van der Waals surface area contributed by atoms with Crippen LogP contribution in [0.25, 0.3) is 0 Å². The van der Waals surface area contributed by atoms with Gasteiger partial charge in [0.2, 0.25) is 5.91 Å². The Morgan fingerprint density at radius 3 is 2.23 bits per heavy atom. The summed E-state index contributed by atoms with van der Waals surface area (Å²) >= 11 is 24.0. The molecule has 0 aromatic heterocycles. The minimum absolute atomic E-state index is 0.0311. The van der Waals surface area contributed by atoms with E-state index in [0.29, 0.717) is 20.8 Å². The lowest BCUT2D eigenvalue weighted by molar-refractivity contribution is -0.121. The van der Waals surface area contributed by atoms with Crippen molar-refractivity contribution in [2.75, 3.05) is 18.4 Å². The number of carbonyl (C=O) groups excluding carboxylic acids is 1. The summed E-state index contributed by atoms with van der Waals surface area (Å²) in [5.74, 6) is -0.0709. The Balaban J connectivity index is 1.53. The number of rotatable bonds is 4. The molecule has 0 bridgehead atoms. The van der Waals surface area contributed by atoms with Gasteiger partial charge in [-0.15, -0.1) is 0 Å². The predicted molar refractivity (Wildman–Crippen MR) is 110 cm³/mol. The number of hydrogen-bond acceptors (Lipinski definition) is 2. The van der Waals surface area contributed by atoms with Gasteiger partial charge in [0.25, 0.3) is 0 Å². The molecule has 1 N–H and O–H groups in total. The normalized spacial score (nSPS) is 15.8. The lowest BCUT2D eigenvalue weighted by Gasteiger charge is -2.31. The molecule has 3 rings (SSSR count). The topological polar surface area (TPSA) is 32.3 Å². The third-order valence-electron chi connectivity index (χ3n) is 4.55. The van der Waals surface area contributed by atoms with E-state index in [4.69, 9.17) is 46.4 Å². The Kier molecular flexibility index (Phi) is 6.70. The Morgan fingerprint density at radius 2 is 1.58 bits per heavy atom. The van der Waals surface area contributed by atoms with Crippen LogP contribution in [0, 0.1) is 5.92 Å². The summed E-state index contributed by atoms with van der Waals surface area (Å²) in [5.41, 5.74) is 1.72. The minimum Gasteiger partial charge on any atom is -0.324 e. The lowest BCUT2D eigenvalue weighted by atomic mass is 9.95. The number of piperidine rings is 1. The Hall–Kier alpha value is -0.970. The van der Waals surface area contributed by atoms with E-state index in [9.17, 15) is 4.79 Å². The van der Waals surface area contributed by atoms with Crippen LogP contribution in [0.4, 0.5) is 5.69 Å². The summed E-state index contributed by atoms with van der Waals surface area (Å²) in [4.78, 5) is 14.9. The van der Waals surface area contributed by atoms with E-state index in [2.05, 4.69) is 10.2 Å². The molecule has 1 saturated heterocycles. The average Bonchev–Trinajstić information content (AvgIpc) is 2.62. The van der Waals surface area contributed by atoms with Gasteiger partial charge in [-0.1, -0.05) is 58.5 Å². The smallest absolute Gasteiger partial charge is 0.227 e. The molecular formula is C19H18Cl4N2O. The fraction of sp³-hybridized carbons (Fsp3) is 0.316. The van der Waals surface area contributed by atoms with Gasteiger partial charge in [0.15, 0.2) is 0 Å². The number of hydrogen-bond donors (Lipinski definition) is 1. The van der Waals surface area contributed by atoms with Crippen molar-refractivity contribution in [3.05, 3.63) is 62.1 Å². The molecule has 0 aliphatic carbocycles. The first-order chi connectivity index (χ1) is 12.4. The number of likely N-dealkylation sites (tertiary alicyclic amines) is 1. The molecule has 0 radical (unpaired) electrons. The molecule has 26 heavy (non-hydrogen) atoms. The molecule has 1 fully saturated rings. The van der Waals surface area contributed by atoms with Crippen LogP contribution in [-0.2, 0) is 11.3 Å². The molecule has 0 unspecified atom stereocenters. The molecule has 1 heterocycles. The second kappa shape index (κ2) is 8.81. The van der Waals surface area contributed by atoms with Gasteiger partial charge in [0.1, 0.15) is 0 Å². The lowest BCUT2D eigenvalue weighted by Crippen LogP contribution is -2.37. The molecule has 7 heteroatoms. The quantitative estimate of drug-likeness (QED) is 0.588. The maximum absolute atomic E-state index is 12.5. The summed E-state index contributed by atoms with van der Waals surface area (Å²) in [7, 11) is 0. The third kappa shape index (κ3) is 5.05.